The van der Waals surface area contributed by atoms with Gasteiger partial charge in [-0.25, -0.2) is 4.79 Å². The lowest BCUT2D eigenvalue weighted by atomic mass is 10.1. The third kappa shape index (κ3) is 5.14. The van der Waals surface area contributed by atoms with E-state index in [1.54, 1.807) is 29.2 Å². The molecule has 0 spiro atoms. The summed E-state index contributed by atoms with van der Waals surface area (Å²) in [4.78, 5) is 33.2. The normalized spacial score (nSPS) is 16.4. The second kappa shape index (κ2) is 9.76. The van der Waals surface area contributed by atoms with Crippen LogP contribution < -0.4 is 10.9 Å². The Morgan fingerprint density at radius 1 is 1.22 bits per heavy atom. The molecule has 7 heteroatoms. The number of carbonyl (C=O) groups excluding carboxylic acids is 1. The molecule has 1 unspecified atom stereocenters. The number of hydrogen-bond donors (Lipinski definition) is 2. The molecule has 2 heterocycles. The zero-order valence-corrected chi connectivity index (χ0v) is 19.3. The van der Waals surface area contributed by atoms with Crippen LogP contribution in [-0.4, -0.2) is 46.5 Å². The van der Waals surface area contributed by atoms with Crippen LogP contribution in [0.3, 0.4) is 0 Å². The average molecular weight is 453 g/mol. The summed E-state index contributed by atoms with van der Waals surface area (Å²) >= 11 is 5.97. The second-order valence-corrected chi connectivity index (χ2v) is 8.89. The van der Waals surface area contributed by atoms with Gasteiger partial charge >= 0.3 is 6.03 Å². The number of likely N-dealkylation sites (tertiary alicyclic amines) is 1. The zero-order valence-electron chi connectivity index (χ0n) is 18.5. The minimum Gasteiger partial charge on any atom is -0.322 e. The summed E-state index contributed by atoms with van der Waals surface area (Å²) in [6, 6.07) is 14.9. The van der Waals surface area contributed by atoms with E-state index in [4.69, 9.17) is 11.6 Å². The van der Waals surface area contributed by atoms with Crippen molar-refractivity contribution < 1.29 is 4.79 Å². The maximum Gasteiger partial charge on any atom is 0.322 e. The number of benzene rings is 2. The monoisotopic (exact) mass is 452 g/mol. The number of nitrogens with zero attached hydrogens (tertiary/aromatic N) is 2. The van der Waals surface area contributed by atoms with Gasteiger partial charge in [-0.15, -0.1) is 0 Å². The van der Waals surface area contributed by atoms with Crippen LogP contribution >= 0.6 is 11.6 Å². The molecule has 0 bridgehead atoms. The topological polar surface area (TPSA) is 68.4 Å². The van der Waals surface area contributed by atoms with Crippen molar-refractivity contribution in [3.63, 3.8) is 0 Å². The van der Waals surface area contributed by atoms with E-state index in [0.29, 0.717) is 22.8 Å². The van der Waals surface area contributed by atoms with Gasteiger partial charge in [0, 0.05) is 34.4 Å². The number of likely N-dealkylation sites (N-methyl/N-ethyl adjacent to an activating group) is 1. The number of halogens is 1. The highest BCUT2D eigenvalue weighted by molar-refractivity contribution is 6.30. The second-order valence-electron chi connectivity index (χ2n) is 8.46. The van der Waals surface area contributed by atoms with Crippen LogP contribution in [0.5, 0.6) is 0 Å². The fourth-order valence-corrected chi connectivity index (χ4v) is 4.55. The molecule has 1 saturated heterocycles. The molecule has 32 heavy (non-hydrogen) atoms. The summed E-state index contributed by atoms with van der Waals surface area (Å²) in [6.45, 7) is 6.98. The summed E-state index contributed by atoms with van der Waals surface area (Å²) in [7, 11) is 0. The number of amides is 2. The number of H-pyrrole nitrogens is 1. The van der Waals surface area contributed by atoms with Crippen molar-refractivity contribution in [1.29, 1.82) is 0 Å². The molecule has 4 rings (SSSR count). The Kier molecular flexibility index (Phi) is 6.82. The van der Waals surface area contributed by atoms with Gasteiger partial charge in [0.15, 0.2) is 0 Å². The van der Waals surface area contributed by atoms with Crippen molar-refractivity contribution in [2.45, 2.75) is 39.3 Å². The van der Waals surface area contributed by atoms with E-state index in [9.17, 15) is 9.59 Å². The van der Waals surface area contributed by atoms with E-state index in [-0.39, 0.29) is 24.2 Å². The predicted molar refractivity (Wildman–Crippen MR) is 130 cm³/mol. The number of urea groups is 1. The fraction of sp³-hybridized carbons (Fsp3) is 0.360. The molecule has 2 N–H and O–H groups in total. The van der Waals surface area contributed by atoms with E-state index < -0.39 is 0 Å². The lowest BCUT2D eigenvalue weighted by Gasteiger charge is -2.30. The van der Waals surface area contributed by atoms with Gasteiger partial charge in [0.05, 0.1) is 6.54 Å². The van der Waals surface area contributed by atoms with E-state index in [0.717, 1.165) is 42.4 Å². The molecule has 0 aliphatic carbocycles. The Balaban J connectivity index is 1.61. The van der Waals surface area contributed by atoms with Gasteiger partial charge in [-0.05, 0) is 80.7 Å². The number of aromatic amines is 1. The van der Waals surface area contributed by atoms with Gasteiger partial charge in [-0.2, -0.15) is 0 Å². The van der Waals surface area contributed by atoms with Gasteiger partial charge in [0.1, 0.15) is 0 Å². The summed E-state index contributed by atoms with van der Waals surface area (Å²) < 4.78 is 0. The van der Waals surface area contributed by atoms with Gasteiger partial charge in [0.2, 0.25) is 0 Å². The van der Waals surface area contributed by atoms with Gasteiger partial charge < -0.3 is 15.2 Å². The van der Waals surface area contributed by atoms with E-state index in [1.165, 1.54) is 0 Å². The Hall–Kier alpha value is -2.83. The highest BCUT2D eigenvalue weighted by Gasteiger charge is 2.28. The van der Waals surface area contributed by atoms with Crippen LogP contribution in [0.2, 0.25) is 5.02 Å². The van der Waals surface area contributed by atoms with Gasteiger partial charge in [0.25, 0.3) is 5.56 Å². The maximum atomic E-state index is 13.3. The number of carbonyl (C=O) groups is 1. The molecule has 1 atom stereocenters. The largest absolute Gasteiger partial charge is 0.322 e. The molecule has 6 nitrogen and oxygen atoms in total. The molecule has 3 aromatic rings. The van der Waals surface area contributed by atoms with Crippen molar-refractivity contribution in [3.8, 4) is 0 Å². The molecule has 0 radical (unpaired) electrons. The van der Waals surface area contributed by atoms with Crippen LogP contribution in [0.25, 0.3) is 10.9 Å². The Labute approximate surface area is 193 Å². The van der Waals surface area contributed by atoms with Crippen LogP contribution in [-0.2, 0) is 6.54 Å². The standard InChI is InChI=1S/C25H29ClN4O2/c1-3-29-12-4-5-22(29)16-30(25(32)27-21-9-7-20(26)8-10-21)15-19-14-18-13-17(2)6-11-23(18)28-24(19)31/h6-11,13-14,22H,3-5,12,15-16H2,1-2H3,(H,27,32)(H,28,31). The van der Waals surface area contributed by atoms with E-state index >= 15 is 0 Å². The SMILES string of the molecule is CCN1CCCC1CN(Cc1cc2cc(C)ccc2[nH]c1=O)C(=O)Nc1ccc(Cl)cc1. The first-order valence-electron chi connectivity index (χ1n) is 11.1. The van der Waals surface area contributed by atoms with Crippen LogP contribution in [0.15, 0.2) is 53.3 Å². The van der Waals surface area contributed by atoms with Crippen LogP contribution in [0.1, 0.15) is 30.9 Å². The Morgan fingerprint density at radius 3 is 2.75 bits per heavy atom. The molecule has 1 aromatic heterocycles. The fourth-order valence-electron chi connectivity index (χ4n) is 4.42. The highest BCUT2D eigenvalue weighted by atomic mass is 35.5. The van der Waals surface area contributed by atoms with Crippen molar-refractivity contribution in [1.82, 2.24) is 14.8 Å². The Bertz CT molecular complexity index is 1160. The minimum absolute atomic E-state index is 0.163. The third-order valence-electron chi connectivity index (χ3n) is 6.16. The molecule has 1 fully saturated rings. The lowest BCUT2D eigenvalue weighted by molar-refractivity contribution is 0.174. The number of fused-ring (bicyclic) bond motifs is 1. The molecule has 2 aromatic carbocycles. The molecule has 1 aliphatic heterocycles. The van der Waals surface area contributed by atoms with Crippen molar-refractivity contribution in [3.05, 3.63) is 75.0 Å². The van der Waals surface area contributed by atoms with Gasteiger partial charge in [-0.1, -0.05) is 30.2 Å². The maximum absolute atomic E-state index is 13.3. The minimum atomic E-state index is -0.223. The number of aromatic nitrogens is 1. The molecule has 168 valence electrons. The molecule has 2 amide bonds. The molecule has 1 aliphatic rings. The number of nitrogens with one attached hydrogen (secondary N) is 2. The smallest absolute Gasteiger partial charge is 0.322 e. The molecule has 0 saturated carbocycles. The van der Waals surface area contributed by atoms with Crippen LogP contribution in [0.4, 0.5) is 10.5 Å². The number of rotatable bonds is 6. The number of hydrogen-bond acceptors (Lipinski definition) is 3. The third-order valence-corrected chi connectivity index (χ3v) is 6.41. The first-order valence-corrected chi connectivity index (χ1v) is 11.5. The number of aryl methyl sites for hydroxylation is 1. The summed E-state index contributed by atoms with van der Waals surface area (Å²) in [6.07, 6.45) is 2.17. The van der Waals surface area contributed by atoms with Crippen molar-refractivity contribution in [2.24, 2.45) is 0 Å². The number of anilines is 1. The first-order chi connectivity index (χ1) is 15.4. The highest BCUT2D eigenvalue weighted by Crippen LogP contribution is 2.21. The predicted octanol–water partition coefficient (Wildman–Crippen LogP) is 5.01. The summed E-state index contributed by atoms with van der Waals surface area (Å²) in [5, 5.41) is 4.54. The van der Waals surface area contributed by atoms with E-state index in [1.807, 2.05) is 31.2 Å². The van der Waals surface area contributed by atoms with Crippen LogP contribution in [0, 0.1) is 6.92 Å². The average Bonchev–Trinajstić information content (AvgIpc) is 3.22. The summed E-state index contributed by atoms with van der Waals surface area (Å²) in [5.41, 5.74) is 3.01. The quantitative estimate of drug-likeness (QED) is 0.552. The van der Waals surface area contributed by atoms with E-state index in [2.05, 4.69) is 22.1 Å². The molecular formula is C25H29ClN4O2. The van der Waals surface area contributed by atoms with Crippen molar-refractivity contribution in [2.75, 3.05) is 25.0 Å². The van der Waals surface area contributed by atoms with Crippen molar-refractivity contribution >= 4 is 34.2 Å². The molecular weight excluding hydrogens is 424 g/mol. The van der Waals surface area contributed by atoms with Gasteiger partial charge in [-0.3, -0.25) is 9.69 Å². The summed E-state index contributed by atoms with van der Waals surface area (Å²) in [5.74, 6) is 0. The Morgan fingerprint density at radius 2 is 2.00 bits per heavy atom. The lowest BCUT2D eigenvalue weighted by Crippen LogP contribution is -2.45. The first kappa shape index (κ1) is 22.4. The zero-order chi connectivity index (χ0) is 22.7. The number of pyridine rings is 1.